The van der Waals surface area contributed by atoms with Crippen molar-refractivity contribution in [3.8, 4) is 11.8 Å². The lowest BCUT2D eigenvalue weighted by Crippen LogP contribution is -2.51. The zero-order valence-electron chi connectivity index (χ0n) is 22.3. The molecular weight excluding hydrogens is 505 g/mol. The summed E-state index contributed by atoms with van der Waals surface area (Å²) in [6.07, 6.45) is 0. The minimum Gasteiger partial charge on any atom is -0.508 e. The van der Waals surface area contributed by atoms with Crippen LogP contribution in [0.25, 0.3) is 0 Å². The molecule has 37 heavy (non-hydrogen) atoms. The van der Waals surface area contributed by atoms with E-state index in [1.54, 1.807) is 24.3 Å². The number of amides is 1. The van der Waals surface area contributed by atoms with Gasteiger partial charge in [-0.3, -0.25) is 4.79 Å². The molecule has 1 saturated heterocycles. The minimum absolute atomic E-state index is 0.0606. The number of aromatic hydroxyl groups is 1. The summed E-state index contributed by atoms with van der Waals surface area (Å²) in [5.74, 6) is 0.0930. The van der Waals surface area contributed by atoms with Gasteiger partial charge in [0.25, 0.3) is 5.91 Å². The molecule has 1 unspecified atom stereocenters. The van der Waals surface area contributed by atoms with Crippen molar-refractivity contribution in [3.05, 3.63) is 92.5 Å². The van der Waals surface area contributed by atoms with Gasteiger partial charge >= 0.3 is 0 Å². The smallest absolute Gasteiger partial charge is 0.254 e. The largest absolute Gasteiger partial charge is 0.508 e. The number of nitrogens with zero attached hydrogens (tertiary/aromatic N) is 3. The number of benzene rings is 3. The Kier molecular flexibility index (Phi) is 11.3. The van der Waals surface area contributed by atoms with E-state index in [9.17, 15) is 15.2 Å². The maximum Gasteiger partial charge on any atom is 0.254 e. The van der Waals surface area contributed by atoms with E-state index >= 15 is 0 Å². The maximum atomic E-state index is 13.5. The number of hydrogen-bond donors (Lipinski definition) is 1. The van der Waals surface area contributed by atoms with E-state index in [1.165, 1.54) is 0 Å². The lowest BCUT2D eigenvalue weighted by molar-refractivity contribution is 0.0720. The second-order valence-corrected chi connectivity index (χ2v) is 9.09. The van der Waals surface area contributed by atoms with E-state index in [1.807, 2.05) is 76.8 Å². The molecule has 196 valence electrons. The highest BCUT2D eigenvalue weighted by molar-refractivity contribution is 6.33. The average molecular weight is 541 g/mol. The molecule has 0 aromatic heterocycles. The average Bonchev–Trinajstić information content (AvgIpc) is 2.90. The number of aryl methyl sites for hydroxylation is 2. The van der Waals surface area contributed by atoms with Gasteiger partial charge in [-0.1, -0.05) is 63.0 Å². The van der Waals surface area contributed by atoms with Crippen LogP contribution < -0.4 is 4.90 Å². The van der Waals surface area contributed by atoms with Gasteiger partial charge in [0.1, 0.15) is 5.75 Å². The summed E-state index contributed by atoms with van der Waals surface area (Å²) in [5, 5.41) is 20.2. The molecule has 1 aliphatic heterocycles. The topological polar surface area (TPSA) is 67.6 Å². The van der Waals surface area contributed by atoms with Gasteiger partial charge in [0, 0.05) is 30.2 Å². The summed E-state index contributed by atoms with van der Waals surface area (Å²) in [4.78, 5) is 17.5. The lowest BCUT2D eigenvalue weighted by Gasteiger charge is -2.43. The minimum atomic E-state index is -0.150. The van der Waals surface area contributed by atoms with Gasteiger partial charge in [-0.25, -0.2) is 0 Å². The number of piperazine rings is 1. The van der Waals surface area contributed by atoms with Gasteiger partial charge in [-0.05, 0) is 73.0 Å². The van der Waals surface area contributed by atoms with Gasteiger partial charge in [0.15, 0.2) is 0 Å². The maximum absolute atomic E-state index is 13.5. The van der Waals surface area contributed by atoms with Crippen LogP contribution in [0.2, 0.25) is 10.0 Å². The van der Waals surface area contributed by atoms with E-state index in [-0.39, 0.29) is 17.7 Å². The van der Waals surface area contributed by atoms with Gasteiger partial charge in [0.2, 0.25) is 0 Å². The van der Waals surface area contributed by atoms with Crippen molar-refractivity contribution in [3.63, 3.8) is 0 Å². The Morgan fingerprint density at radius 3 is 2.08 bits per heavy atom. The molecular formula is C30H35Cl2N3O2. The molecule has 0 bridgehead atoms. The van der Waals surface area contributed by atoms with Crippen molar-refractivity contribution in [1.29, 1.82) is 5.26 Å². The third-order valence-electron chi connectivity index (χ3n) is 6.04. The van der Waals surface area contributed by atoms with Crippen LogP contribution in [-0.2, 0) is 0 Å². The Balaban J connectivity index is 0.00000115. The van der Waals surface area contributed by atoms with Crippen molar-refractivity contribution in [1.82, 2.24) is 4.90 Å². The number of phenolic OH excluding ortho intramolecular Hbond substituents is 1. The third-order valence-corrected chi connectivity index (χ3v) is 6.59. The summed E-state index contributed by atoms with van der Waals surface area (Å²) in [6, 6.07) is 18.1. The molecule has 5 nitrogen and oxygen atoms in total. The Labute approximate surface area is 230 Å². The molecule has 0 radical (unpaired) electrons. The molecule has 7 heteroatoms. The standard InChI is InChI=1S/C26H23Cl2N3O2.2C2H6/c1-16-11-21(32)12-17(2)25(16)26(33)30-9-10-31(23-8-3-18(14-29)13-22(23)28)24(15-30)19-4-6-20(27)7-5-19;2*1-2/h3-8,11-13,24,32H,9-10,15H2,1-2H3;2*1-2H3. The number of nitriles is 1. The second kappa shape index (κ2) is 13.9. The Morgan fingerprint density at radius 1 is 0.946 bits per heavy atom. The molecule has 1 fully saturated rings. The normalized spacial score (nSPS) is 14.5. The van der Waals surface area contributed by atoms with Crippen LogP contribution >= 0.6 is 23.2 Å². The first-order chi connectivity index (χ1) is 17.8. The van der Waals surface area contributed by atoms with Crippen LogP contribution in [0.3, 0.4) is 0 Å². The Bertz CT molecular complexity index is 1230. The van der Waals surface area contributed by atoms with Crippen LogP contribution in [-0.4, -0.2) is 35.5 Å². The van der Waals surface area contributed by atoms with Crippen LogP contribution in [0, 0.1) is 25.2 Å². The molecule has 3 aromatic rings. The Hall–Kier alpha value is -3.20. The summed E-state index contributed by atoms with van der Waals surface area (Å²) in [7, 11) is 0. The molecule has 1 amide bonds. The summed E-state index contributed by atoms with van der Waals surface area (Å²) < 4.78 is 0. The lowest BCUT2D eigenvalue weighted by atomic mass is 9.97. The molecule has 1 N–H and O–H groups in total. The monoisotopic (exact) mass is 539 g/mol. The van der Waals surface area contributed by atoms with Crippen molar-refractivity contribution in [2.45, 2.75) is 47.6 Å². The Morgan fingerprint density at radius 2 is 1.54 bits per heavy atom. The van der Waals surface area contributed by atoms with Crippen LogP contribution in [0.15, 0.2) is 54.6 Å². The van der Waals surface area contributed by atoms with Crippen LogP contribution in [0.1, 0.15) is 66.3 Å². The fraction of sp³-hybridized carbons (Fsp3) is 0.333. The first-order valence-corrected chi connectivity index (χ1v) is 13.4. The highest BCUT2D eigenvalue weighted by atomic mass is 35.5. The molecule has 0 saturated carbocycles. The van der Waals surface area contributed by atoms with Crippen molar-refractivity contribution in [2.75, 3.05) is 24.5 Å². The molecule has 3 aromatic carbocycles. The zero-order valence-corrected chi connectivity index (χ0v) is 23.9. The molecule has 4 rings (SSSR count). The van der Waals surface area contributed by atoms with E-state index in [2.05, 4.69) is 11.0 Å². The number of anilines is 1. The number of carbonyl (C=O) groups excluding carboxylic acids is 1. The number of hydrogen-bond acceptors (Lipinski definition) is 4. The quantitative estimate of drug-likeness (QED) is 0.366. The predicted molar refractivity (Wildman–Crippen MR) is 154 cm³/mol. The number of halogens is 2. The molecule has 0 aliphatic carbocycles. The first-order valence-electron chi connectivity index (χ1n) is 12.6. The number of phenols is 1. The number of rotatable bonds is 3. The summed E-state index contributed by atoms with van der Waals surface area (Å²) in [6.45, 7) is 13.2. The van der Waals surface area contributed by atoms with Gasteiger partial charge in [-0.15, -0.1) is 0 Å². The highest BCUT2D eigenvalue weighted by Gasteiger charge is 2.33. The molecule has 1 heterocycles. The second-order valence-electron chi connectivity index (χ2n) is 8.24. The fourth-order valence-electron chi connectivity index (χ4n) is 4.47. The molecule has 1 aliphatic rings. The van der Waals surface area contributed by atoms with Crippen molar-refractivity contribution >= 4 is 34.8 Å². The molecule has 1 atom stereocenters. The van der Waals surface area contributed by atoms with E-state index in [0.29, 0.717) is 40.8 Å². The van der Waals surface area contributed by atoms with Crippen molar-refractivity contribution < 1.29 is 9.90 Å². The first kappa shape index (κ1) is 30.0. The van der Waals surface area contributed by atoms with Crippen LogP contribution in [0.5, 0.6) is 5.75 Å². The van der Waals surface area contributed by atoms with E-state index in [4.69, 9.17) is 23.2 Å². The third kappa shape index (κ3) is 6.97. The highest BCUT2D eigenvalue weighted by Crippen LogP contribution is 2.36. The number of carbonyl (C=O) groups is 1. The molecule has 0 spiro atoms. The van der Waals surface area contributed by atoms with Crippen molar-refractivity contribution in [2.24, 2.45) is 0 Å². The predicted octanol–water partition coefficient (Wildman–Crippen LogP) is 7.94. The van der Waals surface area contributed by atoms with E-state index < -0.39 is 0 Å². The fourth-order valence-corrected chi connectivity index (χ4v) is 4.89. The van der Waals surface area contributed by atoms with Gasteiger partial charge in [0.05, 0.1) is 28.4 Å². The van der Waals surface area contributed by atoms with Crippen LogP contribution in [0.4, 0.5) is 5.69 Å². The summed E-state index contributed by atoms with van der Waals surface area (Å²) >= 11 is 12.7. The SMILES string of the molecule is CC.CC.Cc1cc(O)cc(C)c1C(=O)N1CCN(c2ccc(C#N)cc2Cl)C(c2ccc(Cl)cc2)C1. The zero-order chi connectivity index (χ0) is 27.7. The van der Waals surface area contributed by atoms with Gasteiger partial charge in [-0.2, -0.15) is 5.26 Å². The van der Waals surface area contributed by atoms with E-state index in [0.717, 1.165) is 22.4 Å². The van der Waals surface area contributed by atoms with Gasteiger partial charge < -0.3 is 14.9 Å². The summed E-state index contributed by atoms with van der Waals surface area (Å²) in [5.41, 5.74) is 4.44.